The minimum atomic E-state index is -0.945. The second kappa shape index (κ2) is 5.21. The molecule has 0 radical (unpaired) electrons. The van der Waals surface area contributed by atoms with E-state index >= 15 is 0 Å². The Balaban J connectivity index is 2.36. The Morgan fingerprint density at radius 2 is 1.90 bits per heavy atom. The van der Waals surface area contributed by atoms with E-state index in [0.717, 1.165) is 16.7 Å². The van der Waals surface area contributed by atoms with E-state index in [-0.39, 0.29) is 5.69 Å². The number of benzene rings is 1. The molecule has 0 aliphatic rings. The van der Waals surface area contributed by atoms with Crippen LogP contribution in [0.1, 0.15) is 37.5 Å². The SMILES string of the molecule is Cc1cc(C(N)=O)ccc1Cn1ccc(C)c1C(=O)O. The van der Waals surface area contributed by atoms with Gasteiger partial charge in [-0.2, -0.15) is 0 Å². The summed E-state index contributed by atoms with van der Waals surface area (Å²) in [6, 6.07) is 6.95. The van der Waals surface area contributed by atoms with Crippen LogP contribution in [0.3, 0.4) is 0 Å². The molecule has 2 aromatic rings. The van der Waals surface area contributed by atoms with Gasteiger partial charge in [-0.25, -0.2) is 4.79 Å². The van der Waals surface area contributed by atoms with E-state index in [4.69, 9.17) is 5.73 Å². The van der Waals surface area contributed by atoms with E-state index in [1.807, 2.05) is 6.92 Å². The Bertz CT molecular complexity index is 686. The molecule has 1 heterocycles. The van der Waals surface area contributed by atoms with Crippen LogP contribution in [0.4, 0.5) is 0 Å². The Hall–Kier alpha value is -2.56. The molecule has 0 atom stereocenters. The Morgan fingerprint density at radius 1 is 1.20 bits per heavy atom. The highest BCUT2D eigenvalue weighted by molar-refractivity contribution is 5.93. The summed E-state index contributed by atoms with van der Waals surface area (Å²) >= 11 is 0. The van der Waals surface area contributed by atoms with Crippen LogP contribution in [-0.2, 0) is 6.54 Å². The second-order valence-electron chi connectivity index (χ2n) is 4.79. The molecular formula is C15H16N2O3. The summed E-state index contributed by atoms with van der Waals surface area (Å²) in [5.41, 5.74) is 8.55. The van der Waals surface area contributed by atoms with Gasteiger partial charge in [0, 0.05) is 18.3 Å². The van der Waals surface area contributed by atoms with Crippen molar-refractivity contribution in [1.29, 1.82) is 0 Å². The molecule has 1 amide bonds. The van der Waals surface area contributed by atoms with Crippen molar-refractivity contribution >= 4 is 11.9 Å². The van der Waals surface area contributed by atoms with Crippen molar-refractivity contribution in [3.63, 3.8) is 0 Å². The Kier molecular flexibility index (Phi) is 3.61. The number of carboxylic acid groups (broad SMARTS) is 1. The van der Waals surface area contributed by atoms with Crippen LogP contribution in [-0.4, -0.2) is 21.6 Å². The lowest BCUT2D eigenvalue weighted by molar-refractivity contribution is 0.0684. The molecule has 3 N–H and O–H groups in total. The van der Waals surface area contributed by atoms with E-state index in [1.165, 1.54) is 0 Å². The van der Waals surface area contributed by atoms with Crippen LogP contribution in [0.25, 0.3) is 0 Å². The minimum absolute atomic E-state index is 0.281. The molecule has 0 saturated heterocycles. The number of aryl methyl sites for hydroxylation is 2. The third-order valence-electron chi connectivity index (χ3n) is 3.34. The number of hydrogen-bond donors (Lipinski definition) is 2. The monoisotopic (exact) mass is 272 g/mol. The van der Waals surface area contributed by atoms with Gasteiger partial charge in [-0.15, -0.1) is 0 Å². The normalized spacial score (nSPS) is 10.5. The van der Waals surface area contributed by atoms with Gasteiger partial charge in [0.1, 0.15) is 5.69 Å². The van der Waals surface area contributed by atoms with Crippen molar-refractivity contribution < 1.29 is 14.7 Å². The zero-order valence-corrected chi connectivity index (χ0v) is 11.4. The topological polar surface area (TPSA) is 85.3 Å². The van der Waals surface area contributed by atoms with E-state index in [0.29, 0.717) is 12.1 Å². The highest BCUT2D eigenvalue weighted by atomic mass is 16.4. The summed E-state index contributed by atoms with van der Waals surface area (Å²) in [6.45, 7) is 4.09. The molecule has 0 bridgehead atoms. The average molecular weight is 272 g/mol. The maximum atomic E-state index is 11.2. The summed E-state index contributed by atoms with van der Waals surface area (Å²) < 4.78 is 1.68. The highest BCUT2D eigenvalue weighted by Gasteiger charge is 2.14. The Labute approximate surface area is 116 Å². The maximum absolute atomic E-state index is 11.2. The highest BCUT2D eigenvalue weighted by Crippen LogP contribution is 2.16. The lowest BCUT2D eigenvalue weighted by Gasteiger charge is -2.10. The predicted octanol–water partition coefficient (Wildman–Crippen LogP) is 1.95. The zero-order chi connectivity index (χ0) is 14.9. The fraction of sp³-hybridized carbons (Fsp3) is 0.200. The van der Waals surface area contributed by atoms with Gasteiger partial charge in [0.2, 0.25) is 5.91 Å². The van der Waals surface area contributed by atoms with Gasteiger partial charge >= 0.3 is 5.97 Å². The van der Waals surface area contributed by atoms with Crippen molar-refractivity contribution in [3.05, 3.63) is 58.4 Å². The number of carboxylic acids is 1. The van der Waals surface area contributed by atoms with Crippen molar-refractivity contribution in [2.75, 3.05) is 0 Å². The number of aromatic carboxylic acids is 1. The van der Waals surface area contributed by atoms with Crippen molar-refractivity contribution in [2.45, 2.75) is 20.4 Å². The summed E-state index contributed by atoms with van der Waals surface area (Å²) in [4.78, 5) is 22.3. The molecule has 0 aliphatic carbocycles. The summed E-state index contributed by atoms with van der Waals surface area (Å²) in [5, 5.41) is 9.22. The average Bonchev–Trinajstić information content (AvgIpc) is 2.72. The zero-order valence-electron chi connectivity index (χ0n) is 11.4. The predicted molar refractivity (Wildman–Crippen MR) is 74.9 cm³/mol. The smallest absolute Gasteiger partial charge is 0.352 e. The third kappa shape index (κ3) is 2.56. The van der Waals surface area contributed by atoms with Crippen LogP contribution >= 0.6 is 0 Å². The Morgan fingerprint density at radius 3 is 2.45 bits per heavy atom. The number of nitrogens with zero attached hydrogens (tertiary/aromatic N) is 1. The molecule has 0 saturated carbocycles. The second-order valence-corrected chi connectivity index (χ2v) is 4.79. The molecule has 0 fully saturated rings. The van der Waals surface area contributed by atoms with E-state index < -0.39 is 11.9 Å². The molecular weight excluding hydrogens is 256 g/mol. The standard InChI is InChI=1S/C15H16N2O3/c1-9-5-6-17(13(9)15(19)20)8-12-4-3-11(14(16)18)7-10(12)2/h3-7H,8H2,1-2H3,(H2,16,18)(H,19,20). The fourth-order valence-corrected chi connectivity index (χ4v) is 2.22. The van der Waals surface area contributed by atoms with Crippen LogP contribution in [0.2, 0.25) is 0 Å². The molecule has 0 aliphatic heterocycles. The molecule has 104 valence electrons. The first-order chi connectivity index (χ1) is 9.40. The molecule has 5 heteroatoms. The number of carbonyl (C=O) groups excluding carboxylic acids is 1. The number of aromatic nitrogens is 1. The molecule has 5 nitrogen and oxygen atoms in total. The number of primary amides is 1. The summed E-state index contributed by atoms with van der Waals surface area (Å²) in [6.07, 6.45) is 1.75. The van der Waals surface area contributed by atoms with Gasteiger partial charge in [0.25, 0.3) is 0 Å². The van der Waals surface area contributed by atoms with Gasteiger partial charge in [-0.05, 0) is 48.7 Å². The van der Waals surface area contributed by atoms with Crippen molar-refractivity contribution in [3.8, 4) is 0 Å². The van der Waals surface area contributed by atoms with Crippen LogP contribution in [0, 0.1) is 13.8 Å². The first-order valence-electron chi connectivity index (χ1n) is 6.18. The van der Waals surface area contributed by atoms with Crippen molar-refractivity contribution in [2.24, 2.45) is 5.73 Å². The van der Waals surface area contributed by atoms with E-state index in [9.17, 15) is 14.7 Å². The van der Waals surface area contributed by atoms with Gasteiger partial charge in [-0.3, -0.25) is 4.79 Å². The quantitative estimate of drug-likeness (QED) is 0.892. The number of carbonyl (C=O) groups is 2. The lowest BCUT2D eigenvalue weighted by Crippen LogP contribution is -2.13. The fourth-order valence-electron chi connectivity index (χ4n) is 2.22. The minimum Gasteiger partial charge on any atom is -0.477 e. The molecule has 20 heavy (non-hydrogen) atoms. The number of hydrogen-bond acceptors (Lipinski definition) is 2. The molecule has 0 spiro atoms. The first-order valence-corrected chi connectivity index (χ1v) is 6.18. The molecule has 0 unspecified atom stereocenters. The van der Waals surface area contributed by atoms with Crippen LogP contribution < -0.4 is 5.73 Å². The van der Waals surface area contributed by atoms with Gasteiger partial charge in [0.05, 0.1) is 0 Å². The number of amides is 1. The molecule has 1 aromatic carbocycles. The van der Waals surface area contributed by atoms with Gasteiger partial charge < -0.3 is 15.4 Å². The first kappa shape index (κ1) is 13.9. The van der Waals surface area contributed by atoms with E-state index in [2.05, 4.69) is 0 Å². The summed E-state index contributed by atoms with van der Waals surface area (Å²) in [5.74, 6) is -1.42. The number of nitrogens with two attached hydrogens (primary N) is 1. The van der Waals surface area contributed by atoms with Gasteiger partial charge in [-0.1, -0.05) is 6.07 Å². The number of rotatable bonds is 4. The lowest BCUT2D eigenvalue weighted by atomic mass is 10.0. The summed E-state index contributed by atoms with van der Waals surface area (Å²) in [7, 11) is 0. The molecule has 1 aromatic heterocycles. The third-order valence-corrected chi connectivity index (χ3v) is 3.34. The molecule has 2 rings (SSSR count). The van der Waals surface area contributed by atoms with Crippen LogP contribution in [0.5, 0.6) is 0 Å². The largest absolute Gasteiger partial charge is 0.477 e. The van der Waals surface area contributed by atoms with Crippen LogP contribution in [0.15, 0.2) is 30.5 Å². The van der Waals surface area contributed by atoms with E-state index in [1.54, 1.807) is 42.0 Å². The van der Waals surface area contributed by atoms with Crippen molar-refractivity contribution in [1.82, 2.24) is 4.57 Å². The van der Waals surface area contributed by atoms with Gasteiger partial charge in [0.15, 0.2) is 0 Å². The maximum Gasteiger partial charge on any atom is 0.352 e.